The molecule has 0 aromatic carbocycles. The molecule has 0 aliphatic heterocycles. The molecule has 6 nitrogen and oxygen atoms in total. The highest BCUT2D eigenvalue weighted by atomic mass is 28.4. The fraction of sp³-hybridized carbons (Fsp3) is 0.667. The molecule has 0 heterocycles. The first kappa shape index (κ1) is 20.4. The summed E-state index contributed by atoms with van der Waals surface area (Å²) in [6.07, 6.45) is 1.99. The van der Waals surface area contributed by atoms with Crippen molar-refractivity contribution in [3.05, 3.63) is 12.2 Å². The van der Waals surface area contributed by atoms with Crippen LogP contribution in [-0.2, 0) is 28.3 Å². The number of hydrogen-bond acceptors (Lipinski definition) is 6. The highest BCUT2D eigenvalue weighted by molar-refractivity contribution is 6.74. The average Bonchev–Trinajstić information content (AvgIpc) is 2.51. The van der Waals surface area contributed by atoms with Gasteiger partial charge in [0.15, 0.2) is 0 Å². The number of carbonyl (C=O) groups excluding carboxylic acids is 3. The molecule has 0 aromatic heterocycles. The van der Waals surface area contributed by atoms with Gasteiger partial charge in [-0.15, -0.1) is 0 Å². The van der Waals surface area contributed by atoms with E-state index in [1.54, 1.807) is 6.92 Å². The van der Waals surface area contributed by atoms with Crippen molar-refractivity contribution in [2.24, 2.45) is 0 Å². The van der Waals surface area contributed by atoms with Crippen LogP contribution >= 0.6 is 0 Å². The summed E-state index contributed by atoms with van der Waals surface area (Å²) in [6.45, 7) is 7.95. The summed E-state index contributed by atoms with van der Waals surface area (Å²) < 4.78 is 15.1. The SMILES string of the molecule is CCOC(=O)C=CC(=O)OCCC(=O)O[Si](CC)(CC)CC. The van der Waals surface area contributed by atoms with Crippen LogP contribution in [0.1, 0.15) is 34.1 Å². The van der Waals surface area contributed by atoms with Crippen LogP contribution in [-0.4, -0.2) is 39.4 Å². The molecule has 0 fully saturated rings. The molecule has 0 aliphatic rings. The summed E-state index contributed by atoms with van der Waals surface area (Å²) >= 11 is 0. The third-order valence-electron chi connectivity index (χ3n) is 3.46. The van der Waals surface area contributed by atoms with Gasteiger partial charge in [0.25, 0.3) is 14.3 Å². The van der Waals surface area contributed by atoms with E-state index in [0.29, 0.717) is 0 Å². The van der Waals surface area contributed by atoms with Crippen LogP contribution in [0, 0.1) is 0 Å². The summed E-state index contributed by atoms with van der Waals surface area (Å²) in [4.78, 5) is 34.1. The van der Waals surface area contributed by atoms with E-state index in [2.05, 4.69) is 4.74 Å². The lowest BCUT2D eigenvalue weighted by Gasteiger charge is -2.27. The molecule has 0 saturated carbocycles. The van der Waals surface area contributed by atoms with Crippen molar-refractivity contribution in [3.63, 3.8) is 0 Å². The average molecular weight is 330 g/mol. The fourth-order valence-corrected chi connectivity index (χ4v) is 4.39. The minimum atomic E-state index is -1.96. The van der Waals surface area contributed by atoms with E-state index in [9.17, 15) is 14.4 Å². The Bertz CT molecular complexity index is 393. The number of esters is 2. The van der Waals surface area contributed by atoms with Crippen molar-refractivity contribution < 1.29 is 28.3 Å². The third-order valence-corrected chi connectivity index (χ3v) is 7.98. The van der Waals surface area contributed by atoms with Crippen LogP contribution in [0.15, 0.2) is 12.2 Å². The number of carbonyl (C=O) groups is 3. The molecule has 0 aliphatic carbocycles. The van der Waals surface area contributed by atoms with Gasteiger partial charge >= 0.3 is 11.9 Å². The summed E-state index contributed by atoms with van der Waals surface area (Å²) in [5.41, 5.74) is 0. The second kappa shape index (κ2) is 11.0. The lowest BCUT2D eigenvalue weighted by Crippen LogP contribution is -2.38. The first-order chi connectivity index (χ1) is 10.4. The Morgan fingerprint density at radius 3 is 1.82 bits per heavy atom. The summed E-state index contributed by atoms with van der Waals surface area (Å²) in [6, 6.07) is 2.65. The maximum Gasteiger partial charge on any atom is 0.331 e. The van der Waals surface area contributed by atoms with Crippen molar-refractivity contribution in [1.82, 2.24) is 0 Å². The highest BCUT2D eigenvalue weighted by Crippen LogP contribution is 2.22. The molecule has 0 unspecified atom stereocenters. The minimum absolute atomic E-state index is 0.0216. The summed E-state index contributed by atoms with van der Waals surface area (Å²) in [7, 11) is -1.96. The van der Waals surface area contributed by atoms with Gasteiger partial charge in [-0.2, -0.15) is 0 Å². The Labute approximate surface area is 132 Å². The molecule has 0 saturated heterocycles. The van der Waals surface area contributed by atoms with Crippen LogP contribution in [0.4, 0.5) is 0 Å². The van der Waals surface area contributed by atoms with Gasteiger partial charge in [-0.1, -0.05) is 20.8 Å². The molecule has 22 heavy (non-hydrogen) atoms. The smallest absolute Gasteiger partial charge is 0.331 e. The van der Waals surface area contributed by atoms with Crippen molar-refractivity contribution >= 4 is 26.2 Å². The monoisotopic (exact) mass is 330 g/mol. The maximum absolute atomic E-state index is 11.8. The zero-order valence-electron chi connectivity index (χ0n) is 13.8. The van der Waals surface area contributed by atoms with Crippen LogP contribution in [0.25, 0.3) is 0 Å². The Hall–Kier alpha value is -1.63. The van der Waals surface area contributed by atoms with Gasteiger partial charge in [-0.25, -0.2) is 9.59 Å². The van der Waals surface area contributed by atoms with E-state index >= 15 is 0 Å². The van der Waals surface area contributed by atoms with Gasteiger partial charge in [-0.05, 0) is 25.1 Å². The molecule has 0 amide bonds. The zero-order valence-corrected chi connectivity index (χ0v) is 14.8. The largest absolute Gasteiger partial charge is 0.519 e. The second-order valence-corrected chi connectivity index (χ2v) is 9.41. The van der Waals surface area contributed by atoms with E-state index < -0.39 is 20.3 Å². The Balaban J connectivity index is 4.12. The second-order valence-electron chi connectivity index (χ2n) is 4.72. The van der Waals surface area contributed by atoms with Crippen LogP contribution in [0.3, 0.4) is 0 Å². The number of rotatable bonds is 10. The molecular weight excluding hydrogens is 304 g/mol. The number of hydrogen-bond donors (Lipinski definition) is 0. The zero-order chi connectivity index (χ0) is 17.0. The van der Waals surface area contributed by atoms with Gasteiger partial charge in [-0.3, -0.25) is 4.79 Å². The number of ether oxygens (including phenoxy) is 2. The molecule has 7 heteroatoms. The van der Waals surface area contributed by atoms with Crippen molar-refractivity contribution in [3.8, 4) is 0 Å². The third kappa shape index (κ3) is 7.97. The van der Waals surface area contributed by atoms with E-state index in [1.165, 1.54) is 0 Å². The normalized spacial score (nSPS) is 11.3. The molecule has 0 radical (unpaired) electrons. The molecule has 0 bridgehead atoms. The van der Waals surface area contributed by atoms with E-state index in [1.807, 2.05) is 20.8 Å². The molecular formula is C15H26O6Si. The Morgan fingerprint density at radius 1 is 0.864 bits per heavy atom. The topological polar surface area (TPSA) is 78.9 Å². The summed E-state index contributed by atoms with van der Waals surface area (Å²) in [5, 5.41) is 0. The van der Waals surface area contributed by atoms with Crippen molar-refractivity contribution in [2.45, 2.75) is 52.2 Å². The molecule has 126 valence electrons. The van der Waals surface area contributed by atoms with Crippen LogP contribution in [0.5, 0.6) is 0 Å². The first-order valence-corrected chi connectivity index (χ1v) is 10.2. The molecule has 0 atom stereocenters. The Kier molecular flexibility index (Phi) is 10.2. The predicted molar refractivity (Wildman–Crippen MR) is 84.6 cm³/mol. The standard InChI is InChI=1S/C15H26O6Si/c1-5-19-13(16)9-10-14(17)20-12-11-15(18)21-22(6-2,7-3)8-4/h9-10H,5-8,11-12H2,1-4H3. The molecule has 0 N–H and O–H groups in total. The van der Waals surface area contributed by atoms with Gasteiger partial charge in [0.05, 0.1) is 13.0 Å². The van der Waals surface area contributed by atoms with E-state index in [-0.39, 0.29) is 25.6 Å². The predicted octanol–water partition coefficient (Wildman–Crippen LogP) is 2.59. The first-order valence-electron chi connectivity index (χ1n) is 7.66. The molecule has 0 rings (SSSR count). The molecule has 0 spiro atoms. The highest BCUT2D eigenvalue weighted by Gasteiger charge is 2.32. The van der Waals surface area contributed by atoms with Gasteiger partial charge in [0.2, 0.25) is 0 Å². The summed E-state index contributed by atoms with van der Waals surface area (Å²) in [5.74, 6) is -1.63. The maximum atomic E-state index is 11.8. The van der Waals surface area contributed by atoms with Crippen molar-refractivity contribution in [2.75, 3.05) is 13.2 Å². The lowest BCUT2D eigenvalue weighted by molar-refractivity contribution is -0.143. The molecule has 0 aromatic rings. The van der Waals surface area contributed by atoms with E-state index in [0.717, 1.165) is 30.3 Å². The van der Waals surface area contributed by atoms with Crippen LogP contribution < -0.4 is 0 Å². The van der Waals surface area contributed by atoms with Crippen molar-refractivity contribution in [1.29, 1.82) is 0 Å². The van der Waals surface area contributed by atoms with Gasteiger partial charge in [0.1, 0.15) is 6.61 Å². The van der Waals surface area contributed by atoms with Gasteiger partial charge < -0.3 is 13.9 Å². The Morgan fingerprint density at radius 2 is 1.36 bits per heavy atom. The lowest BCUT2D eigenvalue weighted by atomic mass is 10.4. The quantitative estimate of drug-likeness (QED) is 0.348. The van der Waals surface area contributed by atoms with Gasteiger partial charge in [0, 0.05) is 12.2 Å². The minimum Gasteiger partial charge on any atom is -0.519 e. The van der Waals surface area contributed by atoms with Crippen LogP contribution in [0.2, 0.25) is 18.1 Å². The van der Waals surface area contributed by atoms with E-state index in [4.69, 9.17) is 9.16 Å². The fourth-order valence-electron chi connectivity index (χ4n) is 1.87.